The Bertz CT molecular complexity index is 993. The van der Waals surface area contributed by atoms with Gasteiger partial charge in [-0.1, -0.05) is 32.0 Å². The first-order chi connectivity index (χ1) is 14.2. The van der Waals surface area contributed by atoms with Gasteiger partial charge in [0.1, 0.15) is 0 Å². The first kappa shape index (κ1) is 20.0. The summed E-state index contributed by atoms with van der Waals surface area (Å²) in [6.45, 7) is 7.63. The van der Waals surface area contributed by atoms with E-state index < -0.39 is 0 Å². The van der Waals surface area contributed by atoms with Crippen LogP contribution in [0.2, 0.25) is 0 Å². The molecule has 2 aromatic heterocycles. The van der Waals surface area contributed by atoms with Crippen molar-refractivity contribution in [2.45, 2.75) is 52.6 Å². The topological polar surface area (TPSA) is 40.1 Å². The Kier molecular flexibility index (Phi) is 6.21. The lowest BCUT2D eigenvalue weighted by atomic mass is 10.0. The Morgan fingerprint density at radius 1 is 1.00 bits per heavy atom. The van der Waals surface area contributed by atoms with Gasteiger partial charge in [0.25, 0.3) is 0 Å². The van der Waals surface area contributed by atoms with Crippen LogP contribution < -0.4 is 4.90 Å². The average molecular weight is 409 g/mol. The van der Waals surface area contributed by atoms with Crippen molar-refractivity contribution in [3.05, 3.63) is 58.6 Å². The lowest BCUT2D eigenvalue weighted by Gasteiger charge is -2.23. The van der Waals surface area contributed by atoms with E-state index in [4.69, 9.17) is 17.3 Å². The first-order valence-corrected chi connectivity index (χ1v) is 11.2. The van der Waals surface area contributed by atoms with Crippen LogP contribution in [-0.2, 0) is 19.5 Å². The van der Waals surface area contributed by atoms with Gasteiger partial charge < -0.3 is 4.90 Å². The summed E-state index contributed by atoms with van der Waals surface area (Å²) in [7, 11) is 0. The van der Waals surface area contributed by atoms with Crippen LogP contribution in [0.15, 0.2) is 42.7 Å². The number of rotatable bonds is 6. The van der Waals surface area contributed by atoms with Crippen LogP contribution in [0.5, 0.6) is 0 Å². The van der Waals surface area contributed by atoms with E-state index in [1.165, 1.54) is 49.2 Å². The van der Waals surface area contributed by atoms with Crippen molar-refractivity contribution in [3.63, 3.8) is 0 Å². The normalized spacial score (nSPS) is 15.0. The highest BCUT2D eigenvalue weighted by molar-refractivity contribution is 7.71. The van der Waals surface area contributed by atoms with Crippen molar-refractivity contribution in [1.82, 2.24) is 19.3 Å². The van der Waals surface area contributed by atoms with Gasteiger partial charge in [0, 0.05) is 18.0 Å². The molecule has 0 amide bonds. The van der Waals surface area contributed by atoms with Crippen LogP contribution in [0.3, 0.4) is 0 Å². The zero-order chi connectivity index (χ0) is 20.2. The summed E-state index contributed by atoms with van der Waals surface area (Å²) in [5.41, 5.74) is 4.80. The number of pyridine rings is 1. The van der Waals surface area contributed by atoms with E-state index in [9.17, 15) is 0 Å². The van der Waals surface area contributed by atoms with Gasteiger partial charge >= 0.3 is 0 Å². The van der Waals surface area contributed by atoms with E-state index in [1.54, 1.807) is 11.1 Å². The molecule has 0 aliphatic carbocycles. The van der Waals surface area contributed by atoms with Crippen LogP contribution in [0.25, 0.3) is 17.1 Å². The number of nitrogens with one attached hydrogen (secondary N) is 1. The number of hydrogen-bond acceptors (Lipinski definition) is 3. The summed E-state index contributed by atoms with van der Waals surface area (Å²) >= 11 is 6.01. The molecule has 1 aromatic carbocycles. The van der Waals surface area contributed by atoms with E-state index >= 15 is 0 Å². The van der Waals surface area contributed by atoms with Crippen LogP contribution in [0.1, 0.15) is 44.2 Å². The van der Waals surface area contributed by atoms with Gasteiger partial charge in [-0.2, -0.15) is 4.68 Å². The maximum absolute atomic E-state index is 6.01. The lowest BCUT2D eigenvalue weighted by molar-refractivity contribution is -0.928. The number of benzene rings is 1. The van der Waals surface area contributed by atoms with Crippen LogP contribution in [-0.4, -0.2) is 32.4 Å². The molecule has 0 atom stereocenters. The average Bonchev–Trinajstić information content (AvgIpc) is 3.10. The highest BCUT2D eigenvalue weighted by Gasteiger charge is 2.22. The van der Waals surface area contributed by atoms with Gasteiger partial charge in [-0.25, -0.2) is 0 Å². The maximum Gasteiger partial charge on any atom is 0.207 e. The zero-order valence-electron chi connectivity index (χ0n) is 17.4. The molecule has 0 unspecified atom stereocenters. The third-order valence-electron chi connectivity index (χ3n) is 5.88. The number of nitrogens with zero attached hydrogens (tertiary/aromatic N) is 4. The van der Waals surface area contributed by atoms with Crippen LogP contribution in [0, 0.1) is 4.77 Å². The number of para-hydroxylation sites is 1. The second-order valence-electron chi connectivity index (χ2n) is 7.78. The summed E-state index contributed by atoms with van der Waals surface area (Å²) in [5, 5.41) is 5.02. The van der Waals surface area contributed by atoms with Crippen molar-refractivity contribution < 1.29 is 4.90 Å². The lowest BCUT2D eigenvalue weighted by Crippen LogP contribution is -3.12. The third-order valence-corrected chi connectivity index (χ3v) is 6.27. The Balaban J connectivity index is 1.90. The van der Waals surface area contributed by atoms with Gasteiger partial charge in [-0.05, 0) is 67.6 Å². The molecular weight excluding hydrogens is 378 g/mol. The third kappa shape index (κ3) is 4.05. The molecule has 0 spiro atoms. The smallest absolute Gasteiger partial charge is 0.207 e. The van der Waals surface area contributed by atoms with E-state index in [1.807, 2.05) is 16.9 Å². The molecule has 0 bridgehead atoms. The summed E-state index contributed by atoms with van der Waals surface area (Å²) in [6.07, 6.45) is 9.52. The molecule has 6 heteroatoms. The molecule has 1 fully saturated rings. The van der Waals surface area contributed by atoms with Gasteiger partial charge in [-0.3, -0.25) is 9.55 Å². The van der Waals surface area contributed by atoms with Crippen molar-refractivity contribution in [3.8, 4) is 17.1 Å². The fourth-order valence-electron chi connectivity index (χ4n) is 4.32. The highest BCUT2D eigenvalue weighted by Crippen LogP contribution is 2.28. The Labute approximate surface area is 178 Å². The molecule has 152 valence electrons. The van der Waals surface area contributed by atoms with Gasteiger partial charge in [0.2, 0.25) is 4.77 Å². The van der Waals surface area contributed by atoms with Crippen molar-refractivity contribution in [1.29, 1.82) is 0 Å². The molecule has 1 N–H and O–H groups in total. The molecule has 3 aromatic rings. The second-order valence-corrected chi connectivity index (χ2v) is 8.15. The number of piperidine rings is 1. The predicted octanol–water partition coefficient (Wildman–Crippen LogP) is 3.62. The number of aromatic nitrogens is 4. The standard InChI is InChI=1S/C23H29N5S/c1-3-18-10-8-11-19(4-2)21(18)28-22(20-12-9-13-24-16-20)25-27(23(28)29)17-26-14-6-5-7-15-26/h8-13,16H,3-7,14-15,17H2,1-2H3/p+1. The molecule has 1 aliphatic rings. The van der Waals surface area contributed by atoms with Crippen molar-refractivity contribution in [2.75, 3.05) is 13.1 Å². The molecule has 29 heavy (non-hydrogen) atoms. The molecule has 5 nitrogen and oxygen atoms in total. The summed E-state index contributed by atoms with van der Waals surface area (Å²) in [5.74, 6) is 0.884. The largest absolute Gasteiger partial charge is 0.316 e. The van der Waals surface area contributed by atoms with Gasteiger partial charge in [0.05, 0.1) is 18.8 Å². The summed E-state index contributed by atoms with van der Waals surface area (Å²) in [6, 6.07) is 10.6. The minimum Gasteiger partial charge on any atom is -0.316 e. The molecule has 1 saturated heterocycles. The van der Waals surface area contributed by atoms with Crippen molar-refractivity contribution in [2.24, 2.45) is 0 Å². The minimum atomic E-state index is 0.775. The predicted molar refractivity (Wildman–Crippen MR) is 119 cm³/mol. The highest BCUT2D eigenvalue weighted by atomic mass is 32.1. The van der Waals surface area contributed by atoms with Crippen LogP contribution >= 0.6 is 12.2 Å². The fourth-order valence-corrected chi connectivity index (χ4v) is 4.60. The molecule has 1 aliphatic heterocycles. The maximum atomic E-state index is 6.01. The summed E-state index contributed by atoms with van der Waals surface area (Å²) in [4.78, 5) is 5.90. The minimum absolute atomic E-state index is 0.775. The first-order valence-electron chi connectivity index (χ1n) is 10.8. The van der Waals surface area contributed by atoms with Gasteiger partial charge in [0.15, 0.2) is 12.5 Å². The molecule has 3 heterocycles. The Morgan fingerprint density at radius 3 is 2.34 bits per heavy atom. The second kappa shape index (κ2) is 9.01. The summed E-state index contributed by atoms with van der Waals surface area (Å²) < 4.78 is 5.00. The Morgan fingerprint density at radius 2 is 1.72 bits per heavy atom. The Hall–Kier alpha value is -2.31. The number of likely N-dealkylation sites (tertiary alicyclic amines) is 1. The van der Waals surface area contributed by atoms with E-state index in [0.29, 0.717) is 0 Å². The van der Waals surface area contributed by atoms with E-state index in [0.717, 1.165) is 35.7 Å². The van der Waals surface area contributed by atoms with Crippen LogP contribution in [0.4, 0.5) is 0 Å². The quantitative estimate of drug-likeness (QED) is 0.634. The van der Waals surface area contributed by atoms with E-state index in [-0.39, 0.29) is 0 Å². The SMILES string of the molecule is CCc1cccc(CC)c1-n1c(-c2cccnc2)nn(C[NH+]2CCCCC2)c1=S. The molecular formula is C23H30N5S+. The van der Waals surface area contributed by atoms with Gasteiger partial charge in [-0.15, -0.1) is 5.10 Å². The zero-order valence-corrected chi connectivity index (χ0v) is 18.2. The van der Waals surface area contributed by atoms with E-state index in [2.05, 4.69) is 47.7 Å². The molecule has 0 saturated carbocycles. The van der Waals surface area contributed by atoms with Crippen molar-refractivity contribution >= 4 is 12.2 Å². The number of aryl methyl sites for hydroxylation is 2. The monoisotopic (exact) mass is 408 g/mol. The number of quaternary nitrogens is 1. The molecule has 4 rings (SSSR count). The fraction of sp³-hybridized carbons (Fsp3) is 0.435. The molecule has 0 radical (unpaired) electrons. The number of hydrogen-bond donors (Lipinski definition) is 1.